The SMILES string of the molecule is Cc1cccc(-c2noc(C3CCCN3C(=O)NCc3ccc(F)cc3)n2)c1. The van der Waals surface area contributed by atoms with Crippen LogP contribution in [0.25, 0.3) is 11.4 Å². The summed E-state index contributed by atoms with van der Waals surface area (Å²) in [5.74, 6) is 0.679. The third kappa shape index (κ3) is 3.88. The minimum Gasteiger partial charge on any atom is -0.337 e. The molecule has 1 aliphatic rings. The average molecular weight is 380 g/mol. The maximum Gasteiger partial charge on any atom is 0.318 e. The third-order valence-corrected chi connectivity index (χ3v) is 4.87. The highest BCUT2D eigenvalue weighted by Gasteiger charge is 2.34. The zero-order valence-corrected chi connectivity index (χ0v) is 15.6. The second kappa shape index (κ2) is 7.80. The van der Waals surface area contributed by atoms with Gasteiger partial charge in [-0.2, -0.15) is 4.98 Å². The van der Waals surface area contributed by atoms with Crippen molar-refractivity contribution in [2.75, 3.05) is 6.54 Å². The van der Waals surface area contributed by atoms with E-state index in [-0.39, 0.29) is 17.9 Å². The molecule has 28 heavy (non-hydrogen) atoms. The number of nitrogens with one attached hydrogen (secondary N) is 1. The first-order valence-electron chi connectivity index (χ1n) is 9.30. The molecule has 4 rings (SSSR count). The van der Waals surface area contributed by atoms with Crippen molar-refractivity contribution in [2.45, 2.75) is 32.4 Å². The second-order valence-electron chi connectivity index (χ2n) is 6.96. The number of hydrogen-bond donors (Lipinski definition) is 1. The number of aromatic nitrogens is 2. The number of halogens is 1. The topological polar surface area (TPSA) is 71.3 Å². The molecule has 1 aliphatic heterocycles. The number of benzene rings is 2. The summed E-state index contributed by atoms with van der Waals surface area (Å²) >= 11 is 0. The zero-order chi connectivity index (χ0) is 19.5. The van der Waals surface area contributed by atoms with Crippen molar-refractivity contribution in [2.24, 2.45) is 0 Å². The molecule has 144 valence electrons. The number of hydrogen-bond acceptors (Lipinski definition) is 4. The second-order valence-corrected chi connectivity index (χ2v) is 6.96. The van der Waals surface area contributed by atoms with E-state index in [0.717, 1.165) is 29.5 Å². The van der Waals surface area contributed by atoms with Gasteiger partial charge in [-0.05, 0) is 43.5 Å². The van der Waals surface area contributed by atoms with Crippen molar-refractivity contribution in [3.05, 3.63) is 71.4 Å². The van der Waals surface area contributed by atoms with Gasteiger partial charge in [0.2, 0.25) is 11.7 Å². The van der Waals surface area contributed by atoms with E-state index < -0.39 is 0 Å². The molecule has 3 aromatic rings. The summed E-state index contributed by atoms with van der Waals surface area (Å²) in [4.78, 5) is 18.9. The van der Waals surface area contributed by atoms with E-state index in [2.05, 4.69) is 15.5 Å². The number of urea groups is 1. The quantitative estimate of drug-likeness (QED) is 0.735. The van der Waals surface area contributed by atoms with Gasteiger partial charge >= 0.3 is 6.03 Å². The van der Waals surface area contributed by atoms with Crippen molar-refractivity contribution in [3.63, 3.8) is 0 Å². The first kappa shape index (κ1) is 18.2. The molecular weight excluding hydrogens is 359 g/mol. The van der Waals surface area contributed by atoms with Gasteiger partial charge in [0, 0.05) is 18.7 Å². The van der Waals surface area contributed by atoms with Crippen LogP contribution in [0.3, 0.4) is 0 Å². The van der Waals surface area contributed by atoms with Crippen LogP contribution >= 0.6 is 0 Å². The Morgan fingerprint density at radius 2 is 2.11 bits per heavy atom. The number of aryl methyl sites for hydroxylation is 1. The Morgan fingerprint density at radius 1 is 1.29 bits per heavy atom. The largest absolute Gasteiger partial charge is 0.337 e. The fraction of sp³-hybridized carbons (Fsp3) is 0.286. The van der Waals surface area contributed by atoms with Crippen LogP contribution in [0.15, 0.2) is 53.1 Å². The Morgan fingerprint density at radius 3 is 2.89 bits per heavy atom. The Bertz CT molecular complexity index is 971. The van der Waals surface area contributed by atoms with Crippen LogP contribution in [-0.4, -0.2) is 27.6 Å². The zero-order valence-electron chi connectivity index (χ0n) is 15.6. The molecule has 7 heteroatoms. The predicted octanol–water partition coefficient (Wildman–Crippen LogP) is 4.23. The number of nitrogens with zero attached hydrogens (tertiary/aromatic N) is 3. The summed E-state index contributed by atoms with van der Waals surface area (Å²) in [5.41, 5.74) is 2.84. The summed E-state index contributed by atoms with van der Waals surface area (Å²) in [7, 11) is 0. The molecule has 6 nitrogen and oxygen atoms in total. The van der Waals surface area contributed by atoms with E-state index in [9.17, 15) is 9.18 Å². The van der Waals surface area contributed by atoms with Gasteiger partial charge in [0.25, 0.3) is 0 Å². The summed E-state index contributed by atoms with van der Waals surface area (Å²) in [6.07, 6.45) is 1.65. The minimum absolute atomic E-state index is 0.192. The molecule has 1 fully saturated rings. The van der Waals surface area contributed by atoms with Crippen molar-refractivity contribution < 1.29 is 13.7 Å². The van der Waals surface area contributed by atoms with E-state index in [1.807, 2.05) is 31.2 Å². The standard InChI is InChI=1S/C21H21FN4O2/c1-14-4-2-5-16(12-14)19-24-20(28-25-19)18-6-3-11-26(18)21(27)23-13-15-7-9-17(22)10-8-15/h2,4-5,7-10,12,18H,3,6,11,13H2,1H3,(H,23,27). The van der Waals surface area contributed by atoms with Crippen LogP contribution in [0.2, 0.25) is 0 Å². The fourth-order valence-electron chi connectivity index (χ4n) is 3.42. The Hall–Kier alpha value is -3.22. The fourth-order valence-corrected chi connectivity index (χ4v) is 3.42. The van der Waals surface area contributed by atoms with Gasteiger partial charge in [-0.25, -0.2) is 9.18 Å². The van der Waals surface area contributed by atoms with Gasteiger partial charge in [0.15, 0.2) is 0 Å². The highest BCUT2D eigenvalue weighted by Crippen LogP contribution is 2.32. The molecule has 0 saturated carbocycles. The number of rotatable bonds is 4. The van der Waals surface area contributed by atoms with Gasteiger partial charge in [0.05, 0.1) is 0 Å². The van der Waals surface area contributed by atoms with Gasteiger partial charge in [-0.15, -0.1) is 0 Å². The molecule has 0 radical (unpaired) electrons. The Balaban J connectivity index is 1.44. The van der Waals surface area contributed by atoms with E-state index in [4.69, 9.17) is 4.52 Å². The molecule has 0 spiro atoms. The van der Waals surface area contributed by atoms with Crippen LogP contribution in [0.5, 0.6) is 0 Å². The third-order valence-electron chi connectivity index (χ3n) is 4.87. The van der Waals surface area contributed by atoms with Gasteiger partial charge in [-0.3, -0.25) is 0 Å². The lowest BCUT2D eigenvalue weighted by Crippen LogP contribution is -2.39. The van der Waals surface area contributed by atoms with Crippen LogP contribution in [-0.2, 0) is 6.54 Å². The monoisotopic (exact) mass is 380 g/mol. The summed E-state index contributed by atoms with van der Waals surface area (Å²) in [6, 6.07) is 13.5. The molecule has 2 heterocycles. The van der Waals surface area contributed by atoms with E-state index in [1.165, 1.54) is 12.1 Å². The molecule has 0 bridgehead atoms. The number of amides is 2. The van der Waals surface area contributed by atoms with Gasteiger partial charge in [-0.1, -0.05) is 41.1 Å². The van der Waals surface area contributed by atoms with Gasteiger partial charge in [0.1, 0.15) is 11.9 Å². The highest BCUT2D eigenvalue weighted by atomic mass is 19.1. The molecule has 1 saturated heterocycles. The van der Waals surface area contributed by atoms with Gasteiger partial charge < -0.3 is 14.7 Å². The molecule has 2 aromatic carbocycles. The Labute approximate surface area is 162 Å². The number of likely N-dealkylation sites (tertiary alicyclic amines) is 1. The first-order valence-corrected chi connectivity index (χ1v) is 9.30. The molecule has 1 N–H and O–H groups in total. The number of carbonyl (C=O) groups is 1. The van der Waals surface area contributed by atoms with Crippen molar-refractivity contribution >= 4 is 6.03 Å². The summed E-state index contributed by atoms with van der Waals surface area (Å²) < 4.78 is 18.5. The molecule has 1 unspecified atom stereocenters. The maximum absolute atomic E-state index is 13.0. The van der Waals surface area contributed by atoms with E-state index in [1.54, 1.807) is 17.0 Å². The summed E-state index contributed by atoms with van der Waals surface area (Å²) in [6.45, 7) is 2.97. The van der Waals surface area contributed by atoms with Crippen LogP contribution in [0, 0.1) is 12.7 Å². The first-order chi connectivity index (χ1) is 13.6. The molecular formula is C21H21FN4O2. The summed E-state index contributed by atoms with van der Waals surface area (Å²) in [5, 5.41) is 6.97. The molecule has 1 atom stereocenters. The van der Waals surface area contributed by atoms with Crippen LogP contribution < -0.4 is 5.32 Å². The van der Waals surface area contributed by atoms with E-state index in [0.29, 0.717) is 24.8 Å². The lowest BCUT2D eigenvalue weighted by molar-refractivity contribution is 0.180. The van der Waals surface area contributed by atoms with Crippen molar-refractivity contribution in [1.82, 2.24) is 20.4 Å². The predicted molar refractivity (Wildman–Crippen MR) is 102 cm³/mol. The van der Waals surface area contributed by atoms with Crippen molar-refractivity contribution in [1.29, 1.82) is 0 Å². The lowest BCUT2D eigenvalue weighted by atomic mass is 10.1. The van der Waals surface area contributed by atoms with Crippen molar-refractivity contribution in [3.8, 4) is 11.4 Å². The molecule has 2 amide bonds. The average Bonchev–Trinajstić information content (AvgIpc) is 3.36. The van der Waals surface area contributed by atoms with Crippen LogP contribution in [0.4, 0.5) is 9.18 Å². The molecule has 0 aliphatic carbocycles. The van der Waals surface area contributed by atoms with Crippen LogP contribution in [0.1, 0.15) is 35.9 Å². The minimum atomic E-state index is -0.296. The number of carbonyl (C=O) groups excluding carboxylic acids is 1. The lowest BCUT2D eigenvalue weighted by Gasteiger charge is -2.22. The molecule has 1 aromatic heterocycles. The smallest absolute Gasteiger partial charge is 0.318 e. The highest BCUT2D eigenvalue weighted by molar-refractivity contribution is 5.75. The van der Waals surface area contributed by atoms with E-state index >= 15 is 0 Å². The maximum atomic E-state index is 13.0. The normalized spacial score (nSPS) is 16.4. The Kier molecular flexibility index (Phi) is 5.06.